The fourth-order valence-electron chi connectivity index (χ4n) is 3.83. The molecule has 1 atom stereocenters. The standard InChI is InChI=1S/C25H21NO7/c1-14-20-18(27)13-19(31-11-12-32-25(30)33-15-7-3-2-4-8-15)22(26)21(14)24(29)17-10-6-5-9-16(17)23(20)28/h2-10,13-14,28H,11-12,26H2,1H3/t14-/m1/s1. The minimum absolute atomic E-state index is 0.00721. The number of hydrogen-bond acceptors (Lipinski definition) is 8. The van der Waals surface area contributed by atoms with E-state index in [0.29, 0.717) is 5.75 Å². The number of para-hydroxylation sites is 1. The molecule has 0 radical (unpaired) electrons. The number of fused-ring (bicyclic) bond motifs is 3. The maximum atomic E-state index is 13.3. The van der Waals surface area contributed by atoms with Gasteiger partial charge in [-0.3, -0.25) is 9.59 Å². The first-order valence-electron chi connectivity index (χ1n) is 10.2. The molecule has 2 aromatic rings. The third-order valence-corrected chi connectivity index (χ3v) is 5.38. The molecule has 0 unspecified atom stereocenters. The summed E-state index contributed by atoms with van der Waals surface area (Å²) in [5.41, 5.74) is 7.00. The largest absolute Gasteiger partial charge is 0.513 e. The van der Waals surface area contributed by atoms with E-state index in [9.17, 15) is 19.5 Å². The van der Waals surface area contributed by atoms with E-state index in [1.54, 1.807) is 61.5 Å². The molecule has 0 aliphatic heterocycles. The highest BCUT2D eigenvalue weighted by Crippen LogP contribution is 2.39. The number of allylic oxidation sites excluding steroid dienone is 3. The zero-order valence-electron chi connectivity index (χ0n) is 17.7. The van der Waals surface area contributed by atoms with Gasteiger partial charge >= 0.3 is 6.16 Å². The van der Waals surface area contributed by atoms with Gasteiger partial charge in [0.2, 0.25) is 0 Å². The van der Waals surface area contributed by atoms with Crippen molar-refractivity contribution in [3.05, 3.63) is 94.4 Å². The lowest BCUT2D eigenvalue weighted by Gasteiger charge is -2.16. The van der Waals surface area contributed by atoms with E-state index in [-0.39, 0.29) is 52.7 Å². The Kier molecular flexibility index (Phi) is 5.99. The van der Waals surface area contributed by atoms with Crippen LogP contribution < -0.4 is 10.5 Å². The molecular formula is C25H21NO7. The van der Waals surface area contributed by atoms with E-state index in [1.165, 1.54) is 0 Å². The summed E-state index contributed by atoms with van der Waals surface area (Å²) in [6, 6.07) is 14.9. The number of rotatable bonds is 5. The van der Waals surface area contributed by atoms with E-state index < -0.39 is 23.6 Å². The predicted molar refractivity (Wildman–Crippen MR) is 118 cm³/mol. The monoisotopic (exact) mass is 447 g/mol. The molecule has 0 amide bonds. The molecule has 2 aliphatic carbocycles. The Labute approximate surface area is 189 Å². The summed E-state index contributed by atoms with van der Waals surface area (Å²) in [4.78, 5) is 38.0. The number of ether oxygens (including phenoxy) is 3. The first kappa shape index (κ1) is 21.9. The maximum Gasteiger partial charge on any atom is 0.513 e. The SMILES string of the molecule is C[C@H]1C2=C(N)C(OCCOC(=O)Oc3ccccc3)=CC(=O)C1=C(O)c1ccccc1C2=O. The van der Waals surface area contributed by atoms with Gasteiger partial charge in [0.1, 0.15) is 30.5 Å². The molecule has 0 fully saturated rings. The van der Waals surface area contributed by atoms with Crippen molar-refractivity contribution < 1.29 is 33.7 Å². The van der Waals surface area contributed by atoms with Gasteiger partial charge in [0, 0.05) is 34.3 Å². The van der Waals surface area contributed by atoms with Gasteiger partial charge in [0.05, 0.1) is 5.70 Å². The van der Waals surface area contributed by atoms with Crippen molar-refractivity contribution in [2.45, 2.75) is 6.92 Å². The lowest BCUT2D eigenvalue weighted by molar-refractivity contribution is -0.111. The van der Waals surface area contributed by atoms with Gasteiger partial charge in [0.25, 0.3) is 0 Å². The first-order valence-corrected chi connectivity index (χ1v) is 10.2. The van der Waals surface area contributed by atoms with Crippen molar-refractivity contribution in [2.24, 2.45) is 11.7 Å². The van der Waals surface area contributed by atoms with E-state index in [2.05, 4.69) is 0 Å². The Bertz CT molecular complexity index is 1220. The average molecular weight is 447 g/mol. The number of Topliss-reactive ketones (excluding diaryl/α,β-unsaturated/α-hetero) is 1. The Morgan fingerprint density at radius 3 is 2.36 bits per heavy atom. The molecule has 8 nitrogen and oxygen atoms in total. The molecular weight excluding hydrogens is 426 g/mol. The van der Waals surface area contributed by atoms with E-state index in [0.717, 1.165) is 6.08 Å². The van der Waals surface area contributed by atoms with Crippen LogP contribution in [-0.2, 0) is 14.3 Å². The summed E-state index contributed by atoms with van der Waals surface area (Å²) in [6.07, 6.45) is 0.221. The highest BCUT2D eigenvalue weighted by Gasteiger charge is 2.38. The molecule has 3 N–H and O–H groups in total. The quantitative estimate of drug-likeness (QED) is 0.404. The molecule has 8 heteroatoms. The normalized spacial score (nSPS) is 17.6. The number of aliphatic hydroxyl groups is 1. The van der Waals surface area contributed by atoms with Crippen molar-refractivity contribution in [1.82, 2.24) is 0 Å². The topological polar surface area (TPSA) is 125 Å². The summed E-state index contributed by atoms with van der Waals surface area (Å²) >= 11 is 0. The summed E-state index contributed by atoms with van der Waals surface area (Å²) in [5, 5.41) is 10.8. The highest BCUT2D eigenvalue weighted by molar-refractivity contribution is 6.20. The van der Waals surface area contributed by atoms with Gasteiger partial charge < -0.3 is 25.1 Å². The lowest BCUT2D eigenvalue weighted by Crippen LogP contribution is -2.20. The summed E-state index contributed by atoms with van der Waals surface area (Å²) in [5.74, 6) is -1.63. The first-order chi connectivity index (χ1) is 15.9. The van der Waals surface area contributed by atoms with Crippen LogP contribution in [-0.4, -0.2) is 36.0 Å². The molecule has 0 saturated heterocycles. The second-order valence-electron chi connectivity index (χ2n) is 7.42. The van der Waals surface area contributed by atoms with Crippen LogP contribution in [0.15, 0.2) is 83.3 Å². The van der Waals surface area contributed by atoms with E-state index >= 15 is 0 Å². The Hall–Kier alpha value is -4.33. The van der Waals surface area contributed by atoms with Crippen LogP contribution in [0.2, 0.25) is 0 Å². The third-order valence-electron chi connectivity index (χ3n) is 5.38. The van der Waals surface area contributed by atoms with Crippen molar-refractivity contribution in [3.63, 3.8) is 0 Å². The van der Waals surface area contributed by atoms with Crippen LogP contribution in [0.1, 0.15) is 22.8 Å². The fraction of sp³-hybridized carbons (Fsp3) is 0.160. The van der Waals surface area contributed by atoms with Crippen LogP contribution in [0.4, 0.5) is 4.79 Å². The number of nitrogens with two attached hydrogens (primary N) is 1. The Morgan fingerprint density at radius 1 is 0.970 bits per heavy atom. The highest BCUT2D eigenvalue weighted by atomic mass is 16.7. The lowest BCUT2D eigenvalue weighted by atomic mass is 9.88. The molecule has 168 valence electrons. The van der Waals surface area contributed by atoms with Crippen LogP contribution in [0, 0.1) is 5.92 Å². The third kappa shape index (κ3) is 4.23. The van der Waals surface area contributed by atoms with Crippen LogP contribution in [0.3, 0.4) is 0 Å². The smallest absolute Gasteiger partial charge is 0.507 e. The number of benzene rings is 2. The van der Waals surface area contributed by atoms with Crippen molar-refractivity contribution in [3.8, 4) is 5.75 Å². The van der Waals surface area contributed by atoms with Crippen LogP contribution in [0.5, 0.6) is 5.75 Å². The number of hydrogen-bond donors (Lipinski definition) is 2. The van der Waals surface area contributed by atoms with Gasteiger partial charge in [-0.15, -0.1) is 0 Å². The van der Waals surface area contributed by atoms with Gasteiger partial charge in [-0.2, -0.15) is 0 Å². The molecule has 0 spiro atoms. The summed E-state index contributed by atoms with van der Waals surface area (Å²) in [7, 11) is 0. The minimum atomic E-state index is -0.912. The molecule has 0 aromatic heterocycles. The Balaban J connectivity index is 1.52. The molecule has 2 aliphatic rings. The summed E-state index contributed by atoms with van der Waals surface area (Å²) < 4.78 is 15.6. The average Bonchev–Trinajstić information content (AvgIpc) is 2.95. The van der Waals surface area contributed by atoms with E-state index in [1.807, 2.05) is 0 Å². The molecule has 33 heavy (non-hydrogen) atoms. The number of carbonyl (C=O) groups is 3. The van der Waals surface area contributed by atoms with Gasteiger partial charge in [-0.05, 0) is 12.1 Å². The number of carbonyl (C=O) groups excluding carboxylic acids is 3. The molecule has 0 heterocycles. The zero-order valence-corrected chi connectivity index (χ0v) is 17.7. The Morgan fingerprint density at radius 2 is 1.64 bits per heavy atom. The van der Waals surface area contributed by atoms with E-state index in [4.69, 9.17) is 19.9 Å². The second kappa shape index (κ2) is 9.04. The van der Waals surface area contributed by atoms with Gasteiger partial charge in [-0.25, -0.2) is 4.79 Å². The fourth-order valence-corrected chi connectivity index (χ4v) is 3.83. The number of ketones is 2. The summed E-state index contributed by atoms with van der Waals surface area (Å²) in [6.45, 7) is 1.32. The molecule has 0 saturated carbocycles. The molecule has 4 rings (SSSR count). The van der Waals surface area contributed by atoms with Gasteiger partial charge in [0.15, 0.2) is 11.6 Å². The minimum Gasteiger partial charge on any atom is -0.507 e. The zero-order chi connectivity index (χ0) is 23.5. The number of aliphatic hydroxyl groups excluding tert-OH is 1. The van der Waals surface area contributed by atoms with Crippen molar-refractivity contribution in [2.75, 3.05) is 13.2 Å². The van der Waals surface area contributed by atoms with Gasteiger partial charge in [-0.1, -0.05) is 49.4 Å². The maximum absolute atomic E-state index is 13.3. The predicted octanol–water partition coefficient (Wildman–Crippen LogP) is 3.70. The van der Waals surface area contributed by atoms with Crippen molar-refractivity contribution >= 4 is 23.5 Å². The van der Waals surface area contributed by atoms with Crippen LogP contribution in [0.25, 0.3) is 5.76 Å². The van der Waals surface area contributed by atoms with Crippen molar-refractivity contribution in [1.29, 1.82) is 0 Å². The molecule has 2 bridgehead atoms. The molecule has 2 aromatic carbocycles. The second-order valence-corrected chi connectivity index (χ2v) is 7.42. The van der Waals surface area contributed by atoms with Crippen LogP contribution >= 0.6 is 0 Å².